The van der Waals surface area contributed by atoms with Crippen LogP contribution in [0.25, 0.3) is 0 Å². The molecule has 0 heterocycles. The number of hydrogen-bond acceptors (Lipinski definition) is 1. The Hall–Kier alpha value is -0.890. The maximum absolute atomic E-state index is 13.2. The van der Waals surface area contributed by atoms with Crippen LogP contribution >= 0.6 is 0 Å². The molecule has 0 amide bonds. The normalized spacial score (nSPS) is 12.9. The molecule has 1 aromatic rings. The fourth-order valence-electron chi connectivity index (χ4n) is 1.43. The zero-order chi connectivity index (χ0) is 9.84. The van der Waals surface area contributed by atoms with Crippen LogP contribution in [0.5, 0.6) is 0 Å². The van der Waals surface area contributed by atoms with Crippen molar-refractivity contribution >= 4 is 0 Å². The molecule has 0 saturated heterocycles. The molecule has 0 fully saturated rings. The van der Waals surface area contributed by atoms with E-state index in [2.05, 4.69) is 12.2 Å². The Bertz CT molecular complexity index is 279. The van der Waals surface area contributed by atoms with Gasteiger partial charge in [0, 0.05) is 6.04 Å². The van der Waals surface area contributed by atoms with Crippen LogP contribution in [0.4, 0.5) is 4.39 Å². The fraction of sp³-hybridized carbons (Fsp3) is 0.455. The first kappa shape index (κ1) is 10.2. The van der Waals surface area contributed by atoms with Gasteiger partial charge in [-0.25, -0.2) is 4.39 Å². The number of halogens is 1. The summed E-state index contributed by atoms with van der Waals surface area (Å²) in [5.41, 5.74) is 1.72. The molecule has 0 unspecified atom stereocenters. The predicted octanol–water partition coefficient (Wildman–Crippen LogP) is 2.80. The first-order chi connectivity index (χ1) is 6.19. The summed E-state index contributed by atoms with van der Waals surface area (Å²) in [5.74, 6) is -0.119. The van der Waals surface area contributed by atoms with Crippen LogP contribution in [0.3, 0.4) is 0 Å². The van der Waals surface area contributed by atoms with Crippen LogP contribution in [0, 0.1) is 12.7 Å². The highest BCUT2D eigenvalue weighted by Crippen LogP contribution is 2.18. The molecule has 13 heavy (non-hydrogen) atoms. The zero-order valence-corrected chi connectivity index (χ0v) is 8.39. The topological polar surface area (TPSA) is 12.0 Å². The van der Waals surface area contributed by atoms with Crippen molar-refractivity contribution in [2.75, 3.05) is 7.05 Å². The summed E-state index contributed by atoms with van der Waals surface area (Å²) in [6.07, 6.45) is 0.971. The molecule has 1 aromatic carbocycles. The smallest absolute Gasteiger partial charge is 0.126 e. The van der Waals surface area contributed by atoms with E-state index in [1.54, 1.807) is 13.0 Å². The van der Waals surface area contributed by atoms with Gasteiger partial charge in [0.05, 0.1) is 0 Å². The highest BCUT2D eigenvalue weighted by molar-refractivity contribution is 5.25. The molecule has 2 heteroatoms. The SMILES string of the molecule is CC[C@@H](NC)c1ccc(C)c(F)c1. The number of nitrogens with one attached hydrogen (secondary N) is 1. The summed E-state index contributed by atoms with van der Waals surface area (Å²) in [4.78, 5) is 0. The maximum atomic E-state index is 13.2. The average molecular weight is 181 g/mol. The number of hydrogen-bond donors (Lipinski definition) is 1. The van der Waals surface area contributed by atoms with Gasteiger partial charge in [-0.15, -0.1) is 0 Å². The zero-order valence-electron chi connectivity index (χ0n) is 8.39. The Morgan fingerprint density at radius 1 is 1.46 bits per heavy atom. The Kier molecular flexibility index (Phi) is 3.43. The monoisotopic (exact) mass is 181 g/mol. The lowest BCUT2D eigenvalue weighted by Gasteiger charge is -2.14. The van der Waals surface area contributed by atoms with Gasteiger partial charge in [0.15, 0.2) is 0 Å². The Balaban J connectivity index is 2.95. The van der Waals surface area contributed by atoms with E-state index in [9.17, 15) is 4.39 Å². The third-order valence-corrected chi connectivity index (χ3v) is 2.35. The van der Waals surface area contributed by atoms with Crippen LogP contribution in [0.1, 0.15) is 30.5 Å². The van der Waals surface area contributed by atoms with E-state index in [-0.39, 0.29) is 11.9 Å². The number of benzene rings is 1. The van der Waals surface area contributed by atoms with Gasteiger partial charge in [0.1, 0.15) is 5.82 Å². The fourth-order valence-corrected chi connectivity index (χ4v) is 1.43. The van der Waals surface area contributed by atoms with Crippen LogP contribution < -0.4 is 5.32 Å². The van der Waals surface area contributed by atoms with E-state index in [0.717, 1.165) is 12.0 Å². The molecule has 1 N–H and O–H groups in total. The van der Waals surface area contributed by atoms with Gasteiger partial charge in [0.2, 0.25) is 0 Å². The molecule has 0 radical (unpaired) electrons. The molecule has 0 spiro atoms. The van der Waals surface area contributed by atoms with E-state index >= 15 is 0 Å². The van der Waals surface area contributed by atoms with E-state index in [0.29, 0.717) is 5.56 Å². The maximum Gasteiger partial charge on any atom is 0.126 e. The molecule has 0 aliphatic rings. The lowest BCUT2D eigenvalue weighted by Crippen LogP contribution is -2.15. The van der Waals surface area contributed by atoms with Gasteiger partial charge in [-0.2, -0.15) is 0 Å². The molecule has 0 bridgehead atoms. The van der Waals surface area contributed by atoms with Crippen molar-refractivity contribution in [2.24, 2.45) is 0 Å². The Morgan fingerprint density at radius 3 is 2.62 bits per heavy atom. The summed E-state index contributed by atoms with van der Waals surface area (Å²) >= 11 is 0. The van der Waals surface area contributed by atoms with Crippen molar-refractivity contribution < 1.29 is 4.39 Å². The van der Waals surface area contributed by atoms with Crippen molar-refractivity contribution in [3.8, 4) is 0 Å². The lowest BCUT2D eigenvalue weighted by molar-refractivity contribution is 0.563. The van der Waals surface area contributed by atoms with Crippen molar-refractivity contribution in [3.05, 3.63) is 35.1 Å². The van der Waals surface area contributed by atoms with Gasteiger partial charge in [-0.1, -0.05) is 19.1 Å². The third-order valence-electron chi connectivity index (χ3n) is 2.35. The summed E-state index contributed by atoms with van der Waals surface area (Å²) in [5, 5.41) is 3.15. The van der Waals surface area contributed by atoms with Gasteiger partial charge < -0.3 is 5.32 Å². The second-order valence-corrected chi connectivity index (χ2v) is 3.26. The first-order valence-electron chi connectivity index (χ1n) is 4.62. The molecule has 0 aliphatic carbocycles. The second-order valence-electron chi connectivity index (χ2n) is 3.26. The third kappa shape index (κ3) is 2.28. The van der Waals surface area contributed by atoms with Gasteiger partial charge in [-0.05, 0) is 37.6 Å². The Labute approximate surface area is 79.0 Å². The number of rotatable bonds is 3. The van der Waals surface area contributed by atoms with Crippen LogP contribution in [0.2, 0.25) is 0 Å². The summed E-state index contributed by atoms with van der Waals surface area (Å²) in [6.45, 7) is 3.86. The molecule has 1 atom stereocenters. The largest absolute Gasteiger partial charge is 0.313 e. The molecular weight excluding hydrogens is 165 g/mol. The molecule has 0 aromatic heterocycles. The first-order valence-corrected chi connectivity index (χ1v) is 4.62. The molecular formula is C11H16FN. The van der Waals surface area contributed by atoms with Crippen molar-refractivity contribution in [2.45, 2.75) is 26.3 Å². The van der Waals surface area contributed by atoms with Crippen molar-refractivity contribution in [1.29, 1.82) is 0 Å². The standard InChI is InChI=1S/C11H16FN/c1-4-11(13-3)9-6-5-8(2)10(12)7-9/h5-7,11,13H,4H2,1-3H3/t11-/m1/s1. The average Bonchev–Trinajstić information content (AvgIpc) is 2.13. The Morgan fingerprint density at radius 2 is 2.15 bits per heavy atom. The van der Waals surface area contributed by atoms with E-state index in [4.69, 9.17) is 0 Å². The van der Waals surface area contributed by atoms with E-state index in [1.807, 2.05) is 19.2 Å². The molecule has 1 nitrogen and oxygen atoms in total. The summed E-state index contributed by atoms with van der Waals surface area (Å²) in [6, 6.07) is 5.67. The van der Waals surface area contributed by atoms with Crippen LogP contribution in [-0.4, -0.2) is 7.05 Å². The molecule has 72 valence electrons. The predicted molar refractivity (Wildman–Crippen MR) is 53.2 cm³/mol. The van der Waals surface area contributed by atoms with E-state index < -0.39 is 0 Å². The van der Waals surface area contributed by atoms with Crippen LogP contribution in [0.15, 0.2) is 18.2 Å². The molecule has 1 rings (SSSR count). The second kappa shape index (κ2) is 4.38. The van der Waals surface area contributed by atoms with Gasteiger partial charge >= 0.3 is 0 Å². The van der Waals surface area contributed by atoms with Crippen molar-refractivity contribution in [1.82, 2.24) is 5.32 Å². The number of aryl methyl sites for hydroxylation is 1. The van der Waals surface area contributed by atoms with Crippen LogP contribution in [-0.2, 0) is 0 Å². The quantitative estimate of drug-likeness (QED) is 0.756. The lowest BCUT2D eigenvalue weighted by atomic mass is 10.0. The highest BCUT2D eigenvalue weighted by Gasteiger charge is 2.07. The van der Waals surface area contributed by atoms with E-state index in [1.165, 1.54) is 0 Å². The minimum absolute atomic E-state index is 0.119. The van der Waals surface area contributed by atoms with Crippen molar-refractivity contribution in [3.63, 3.8) is 0 Å². The summed E-state index contributed by atoms with van der Waals surface area (Å²) in [7, 11) is 1.89. The molecule has 0 aliphatic heterocycles. The molecule has 0 saturated carbocycles. The minimum atomic E-state index is -0.119. The minimum Gasteiger partial charge on any atom is -0.313 e. The summed E-state index contributed by atoms with van der Waals surface area (Å²) < 4.78 is 13.2. The van der Waals surface area contributed by atoms with Gasteiger partial charge in [-0.3, -0.25) is 0 Å². The van der Waals surface area contributed by atoms with Gasteiger partial charge in [0.25, 0.3) is 0 Å². The highest BCUT2D eigenvalue weighted by atomic mass is 19.1.